The molecule has 0 atom stereocenters. The van der Waals surface area contributed by atoms with E-state index in [9.17, 15) is 8.42 Å². The monoisotopic (exact) mass is 309 g/mol. The van der Waals surface area contributed by atoms with Crippen LogP contribution in [0, 0.1) is 0 Å². The van der Waals surface area contributed by atoms with Crippen LogP contribution in [0.4, 0.5) is 0 Å². The molecule has 1 aromatic heterocycles. The first-order valence-corrected chi connectivity index (χ1v) is 9.22. The number of hydrogen-bond acceptors (Lipinski definition) is 3. The summed E-state index contributed by atoms with van der Waals surface area (Å²) in [7, 11) is -3.22. The Balaban J connectivity index is 2.16. The standard InChI is InChI=1S/C15H19NO2S2/c1-3-14-9-10-15(19-14)12-16(20(2,17)18)11-13-7-5-4-6-8-13/h4-10H,3,11-12H2,1-2H3. The minimum absolute atomic E-state index is 0.416. The van der Waals surface area contributed by atoms with Crippen LogP contribution in [0.1, 0.15) is 22.2 Å². The van der Waals surface area contributed by atoms with Gasteiger partial charge in [0.2, 0.25) is 10.0 Å². The van der Waals surface area contributed by atoms with E-state index >= 15 is 0 Å². The van der Waals surface area contributed by atoms with Crippen LogP contribution in [0.2, 0.25) is 0 Å². The molecule has 1 aromatic carbocycles. The molecule has 0 spiro atoms. The Bertz CT molecular complexity index is 648. The lowest BCUT2D eigenvalue weighted by Crippen LogP contribution is -2.28. The van der Waals surface area contributed by atoms with Gasteiger partial charge in [0.25, 0.3) is 0 Å². The molecule has 0 aliphatic rings. The number of aryl methyl sites for hydroxylation is 1. The van der Waals surface area contributed by atoms with Crippen LogP contribution in [0.5, 0.6) is 0 Å². The second-order valence-electron chi connectivity index (χ2n) is 4.74. The summed E-state index contributed by atoms with van der Waals surface area (Å²) in [5.74, 6) is 0. The normalized spacial score (nSPS) is 11.9. The fraction of sp³-hybridized carbons (Fsp3) is 0.333. The van der Waals surface area contributed by atoms with Crippen molar-refractivity contribution in [3.05, 3.63) is 57.8 Å². The van der Waals surface area contributed by atoms with E-state index in [1.54, 1.807) is 11.3 Å². The van der Waals surface area contributed by atoms with E-state index in [0.717, 1.165) is 16.9 Å². The van der Waals surface area contributed by atoms with Gasteiger partial charge in [-0.25, -0.2) is 8.42 Å². The van der Waals surface area contributed by atoms with Gasteiger partial charge in [0.05, 0.1) is 6.26 Å². The van der Waals surface area contributed by atoms with Gasteiger partial charge in [0.1, 0.15) is 0 Å². The second kappa shape index (κ2) is 6.52. The van der Waals surface area contributed by atoms with Gasteiger partial charge in [0.15, 0.2) is 0 Å². The van der Waals surface area contributed by atoms with Crippen molar-refractivity contribution in [2.24, 2.45) is 0 Å². The molecule has 2 rings (SSSR count). The molecule has 0 saturated heterocycles. The third kappa shape index (κ3) is 4.16. The summed E-state index contributed by atoms with van der Waals surface area (Å²) < 4.78 is 25.4. The first-order valence-electron chi connectivity index (χ1n) is 6.55. The summed E-state index contributed by atoms with van der Waals surface area (Å²) >= 11 is 1.68. The second-order valence-corrected chi connectivity index (χ2v) is 7.97. The van der Waals surface area contributed by atoms with E-state index in [2.05, 4.69) is 13.0 Å². The van der Waals surface area contributed by atoms with Crippen LogP contribution < -0.4 is 0 Å². The SMILES string of the molecule is CCc1ccc(CN(Cc2ccccc2)S(C)(=O)=O)s1. The molecule has 0 fully saturated rings. The Kier molecular flexibility index (Phi) is 4.96. The topological polar surface area (TPSA) is 37.4 Å². The van der Waals surface area contributed by atoms with E-state index in [1.165, 1.54) is 15.4 Å². The molecule has 0 radical (unpaired) electrons. The zero-order chi connectivity index (χ0) is 14.6. The third-order valence-corrected chi connectivity index (χ3v) is 5.48. The first kappa shape index (κ1) is 15.2. The molecule has 2 aromatic rings. The number of hydrogen-bond donors (Lipinski definition) is 0. The lowest BCUT2D eigenvalue weighted by Gasteiger charge is -2.19. The van der Waals surface area contributed by atoms with Crippen molar-refractivity contribution >= 4 is 21.4 Å². The molecule has 108 valence electrons. The van der Waals surface area contributed by atoms with Crippen molar-refractivity contribution in [3.8, 4) is 0 Å². The summed E-state index contributed by atoms with van der Waals surface area (Å²) in [6.45, 7) is 2.96. The number of nitrogens with zero attached hydrogens (tertiary/aromatic N) is 1. The van der Waals surface area contributed by atoms with Gasteiger partial charge in [0, 0.05) is 22.8 Å². The molecule has 0 aliphatic carbocycles. The number of rotatable bonds is 6. The molecule has 0 unspecified atom stereocenters. The molecule has 20 heavy (non-hydrogen) atoms. The highest BCUT2D eigenvalue weighted by atomic mass is 32.2. The molecule has 5 heteroatoms. The summed E-state index contributed by atoms with van der Waals surface area (Å²) in [5.41, 5.74) is 1.00. The van der Waals surface area contributed by atoms with Crippen molar-refractivity contribution < 1.29 is 8.42 Å². The predicted octanol–water partition coefficient (Wildman–Crippen LogP) is 3.27. The minimum Gasteiger partial charge on any atom is -0.212 e. The summed E-state index contributed by atoms with van der Waals surface area (Å²) in [5, 5.41) is 0. The van der Waals surface area contributed by atoms with Crippen LogP contribution in [-0.4, -0.2) is 19.0 Å². The smallest absolute Gasteiger partial charge is 0.211 e. The molecule has 0 amide bonds. The van der Waals surface area contributed by atoms with Gasteiger partial charge >= 0.3 is 0 Å². The minimum atomic E-state index is -3.22. The van der Waals surface area contributed by atoms with Crippen LogP contribution in [-0.2, 0) is 29.5 Å². The average molecular weight is 309 g/mol. The highest BCUT2D eigenvalue weighted by Gasteiger charge is 2.18. The zero-order valence-electron chi connectivity index (χ0n) is 11.7. The van der Waals surface area contributed by atoms with Crippen LogP contribution in [0.15, 0.2) is 42.5 Å². The van der Waals surface area contributed by atoms with Crippen molar-refractivity contribution in [3.63, 3.8) is 0 Å². The van der Waals surface area contributed by atoms with Crippen LogP contribution >= 0.6 is 11.3 Å². The predicted molar refractivity (Wildman–Crippen MR) is 84.2 cm³/mol. The van der Waals surface area contributed by atoms with Crippen LogP contribution in [0.25, 0.3) is 0 Å². The van der Waals surface area contributed by atoms with Crippen molar-refractivity contribution in [1.82, 2.24) is 4.31 Å². The fourth-order valence-corrected chi connectivity index (χ4v) is 3.76. The Morgan fingerprint density at radius 2 is 1.65 bits per heavy atom. The fourth-order valence-electron chi connectivity index (χ4n) is 1.95. The van der Waals surface area contributed by atoms with Crippen LogP contribution in [0.3, 0.4) is 0 Å². The number of thiophene rings is 1. The maximum absolute atomic E-state index is 11.9. The Morgan fingerprint density at radius 3 is 2.20 bits per heavy atom. The molecule has 1 heterocycles. The Hall–Kier alpha value is -1.17. The lowest BCUT2D eigenvalue weighted by atomic mass is 10.2. The summed E-state index contributed by atoms with van der Waals surface area (Å²) in [4.78, 5) is 2.37. The van der Waals surface area contributed by atoms with E-state index in [4.69, 9.17) is 0 Å². The molecule has 0 bridgehead atoms. The zero-order valence-corrected chi connectivity index (χ0v) is 13.4. The molecular weight excluding hydrogens is 290 g/mol. The molecule has 0 N–H and O–H groups in total. The van der Waals surface area contributed by atoms with Crippen molar-refractivity contribution in [2.75, 3.05) is 6.26 Å². The van der Waals surface area contributed by atoms with E-state index in [-0.39, 0.29) is 0 Å². The molecule has 3 nitrogen and oxygen atoms in total. The Labute approximate surface area is 124 Å². The highest BCUT2D eigenvalue weighted by molar-refractivity contribution is 7.88. The Morgan fingerprint density at radius 1 is 1.00 bits per heavy atom. The number of sulfonamides is 1. The van der Waals surface area contributed by atoms with Crippen molar-refractivity contribution in [1.29, 1.82) is 0 Å². The lowest BCUT2D eigenvalue weighted by molar-refractivity contribution is 0.408. The maximum atomic E-state index is 11.9. The van der Waals surface area contributed by atoms with E-state index in [0.29, 0.717) is 13.1 Å². The first-order chi connectivity index (χ1) is 9.49. The number of benzene rings is 1. The molecule has 0 aliphatic heterocycles. The summed E-state index contributed by atoms with van der Waals surface area (Å²) in [6.07, 6.45) is 2.26. The molecular formula is C15H19NO2S2. The van der Waals surface area contributed by atoms with Gasteiger partial charge in [-0.15, -0.1) is 11.3 Å². The highest BCUT2D eigenvalue weighted by Crippen LogP contribution is 2.21. The quantitative estimate of drug-likeness (QED) is 0.821. The largest absolute Gasteiger partial charge is 0.212 e. The van der Waals surface area contributed by atoms with E-state index < -0.39 is 10.0 Å². The van der Waals surface area contributed by atoms with Gasteiger partial charge in [-0.3, -0.25) is 0 Å². The molecule has 0 saturated carbocycles. The maximum Gasteiger partial charge on any atom is 0.211 e. The van der Waals surface area contributed by atoms with E-state index in [1.807, 2.05) is 36.4 Å². The van der Waals surface area contributed by atoms with Gasteiger partial charge in [-0.1, -0.05) is 37.3 Å². The third-order valence-electron chi connectivity index (χ3n) is 3.07. The van der Waals surface area contributed by atoms with Gasteiger partial charge in [-0.05, 0) is 24.1 Å². The van der Waals surface area contributed by atoms with Gasteiger partial charge < -0.3 is 0 Å². The van der Waals surface area contributed by atoms with Crippen molar-refractivity contribution in [2.45, 2.75) is 26.4 Å². The summed E-state index contributed by atoms with van der Waals surface area (Å²) in [6, 6.07) is 13.8. The average Bonchev–Trinajstić information content (AvgIpc) is 2.86. The van der Waals surface area contributed by atoms with Gasteiger partial charge in [-0.2, -0.15) is 4.31 Å².